The summed E-state index contributed by atoms with van der Waals surface area (Å²) in [5, 5.41) is 10.8. The Balaban J connectivity index is 1.85. The van der Waals surface area contributed by atoms with E-state index in [0.717, 1.165) is 42.9 Å². The minimum absolute atomic E-state index is 0.336. The predicted molar refractivity (Wildman–Crippen MR) is 98.2 cm³/mol. The fraction of sp³-hybridized carbons (Fsp3) is 0.909. The fourth-order valence-corrected chi connectivity index (χ4v) is 6.72. The van der Waals surface area contributed by atoms with E-state index in [0.29, 0.717) is 10.8 Å². The van der Waals surface area contributed by atoms with E-state index in [-0.39, 0.29) is 5.60 Å². The predicted octanol–water partition coefficient (Wildman–Crippen LogP) is 5.97. The summed E-state index contributed by atoms with van der Waals surface area (Å²) < 4.78 is 0. The highest BCUT2D eigenvalue weighted by atomic mass is 16.3. The molecule has 0 amide bonds. The average Bonchev–Trinajstić information content (AvgIpc) is 2.51. The molecule has 0 bridgehead atoms. The molecule has 0 aliphatic heterocycles. The molecular formula is C22H38O. The van der Waals surface area contributed by atoms with Gasteiger partial charge in [0.15, 0.2) is 0 Å². The summed E-state index contributed by atoms with van der Waals surface area (Å²) in [7, 11) is 0. The molecular weight excluding hydrogens is 280 g/mol. The normalized spacial score (nSPS) is 53.3. The summed E-state index contributed by atoms with van der Waals surface area (Å²) in [5.41, 5.74) is 1.82. The fourth-order valence-electron chi connectivity index (χ4n) is 6.72. The van der Waals surface area contributed by atoms with Gasteiger partial charge < -0.3 is 5.11 Å². The largest absolute Gasteiger partial charge is 0.390 e. The Morgan fingerprint density at radius 1 is 1.13 bits per heavy atom. The van der Waals surface area contributed by atoms with E-state index in [2.05, 4.69) is 41.2 Å². The third-order valence-electron chi connectivity index (χ3n) is 9.16. The lowest BCUT2D eigenvalue weighted by Crippen LogP contribution is -2.55. The average molecular weight is 319 g/mol. The topological polar surface area (TPSA) is 20.2 Å². The zero-order chi connectivity index (χ0) is 17.0. The van der Waals surface area contributed by atoms with Crippen molar-refractivity contribution < 1.29 is 5.11 Å². The highest BCUT2D eigenvalue weighted by Crippen LogP contribution is 2.64. The second-order valence-electron chi connectivity index (χ2n) is 9.86. The molecule has 3 aliphatic carbocycles. The van der Waals surface area contributed by atoms with Crippen LogP contribution in [0, 0.1) is 34.5 Å². The van der Waals surface area contributed by atoms with Gasteiger partial charge in [-0.05, 0) is 92.8 Å². The van der Waals surface area contributed by atoms with E-state index in [1.807, 2.05) is 0 Å². The first-order valence-electron chi connectivity index (χ1n) is 10.0. The summed E-state index contributed by atoms with van der Waals surface area (Å²) in [4.78, 5) is 0. The van der Waals surface area contributed by atoms with E-state index >= 15 is 0 Å². The summed E-state index contributed by atoms with van der Waals surface area (Å²) in [6.07, 6.45) is 9.62. The quantitative estimate of drug-likeness (QED) is 0.622. The van der Waals surface area contributed by atoms with Gasteiger partial charge in [-0.25, -0.2) is 0 Å². The van der Waals surface area contributed by atoms with Crippen LogP contribution in [0.4, 0.5) is 0 Å². The molecule has 3 saturated carbocycles. The van der Waals surface area contributed by atoms with E-state index in [9.17, 15) is 5.11 Å². The molecule has 0 saturated heterocycles. The van der Waals surface area contributed by atoms with Crippen molar-refractivity contribution in [1.82, 2.24) is 0 Å². The van der Waals surface area contributed by atoms with E-state index in [1.165, 1.54) is 37.7 Å². The lowest BCUT2D eigenvalue weighted by molar-refractivity contribution is -0.145. The van der Waals surface area contributed by atoms with Crippen LogP contribution in [0.1, 0.15) is 86.0 Å². The van der Waals surface area contributed by atoms with Crippen molar-refractivity contribution in [1.29, 1.82) is 0 Å². The Morgan fingerprint density at radius 3 is 2.43 bits per heavy atom. The van der Waals surface area contributed by atoms with Gasteiger partial charge in [-0.1, -0.05) is 39.8 Å². The van der Waals surface area contributed by atoms with Gasteiger partial charge in [0.2, 0.25) is 0 Å². The monoisotopic (exact) mass is 318 g/mol. The summed E-state index contributed by atoms with van der Waals surface area (Å²) in [6, 6.07) is 0. The van der Waals surface area contributed by atoms with Crippen molar-refractivity contribution in [2.45, 2.75) is 91.6 Å². The molecule has 1 nitrogen and oxygen atoms in total. The van der Waals surface area contributed by atoms with E-state index in [1.54, 1.807) is 0 Å². The van der Waals surface area contributed by atoms with Crippen LogP contribution in [-0.4, -0.2) is 10.7 Å². The second kappa shape index (κ2) is 5.61. The van der Waals surface area contributed by atoms with Gasteiger partial charge in [0, 0.05) is 0 Å². The maximum atomic E-state index is 10.8. The molecule has 1 N–H and O–H groups in total. The van der Waals surface area contributed by atoms with Crippen LogP contribution in [0.15, 0.2) is 12.2 Å². The Kier molecular flexibility index (Phi) is 4.28. The number of allylic oxidation sites excluding steroid dienone is 1. The van der Waals surface area contributed by atoms with Crippen molar-refractivity contribution in [2.24, 2.45) is 34.5 Å². The molecule has 3 fully saturated rings. The molecule has 3 aliphatic rings. The summed E-state index contributed by atoms with van der Waals surface area (Å²) in [5.74, 6) is 3.22. The first-order valence-corrected chi connectivity index (χ1v) is 10.0. The van der Waals surface area contributed by atoms with Crippen molar-refractivity contribution in [3.8, 4) is 0 Å². The molecule has 1 heteroatoms. The molecule has 0 heterocycles. The number of hydrogen-bond donors (Lipinski definition) is 1. The van der Waals surface area contributed by atoms with Crippen LogP contribution in [0.25, 0.3) is 0 Å². The number of aliphatic hydroxyl groups is 1. The Hall–Kier alpha value is -0.300. The number of fused-ring (bicyclic) bond motifs is 3. The third kappa shape index (κ3) is 2.53. The minimum atomic E-state index is -0.372. The molecule has 0 radical (unpaired) electrons. The lowest BCUT2D eigenvalue weighted by atomic mass is 9.43. The van der Waals surface area contributed by atoms with Crippen LogP contribution in [0.2, 0.25) is 0 Å². The maximum Gasteiger partial charge on any atom is 0.0648 e. The Morgan fingerprint density at radius 2 is 1.83 bits per heavy atom. The molecule has 6 unspecified atom stereocenters. The highest BCUT2D eigenvalue weighted by molar-refractivity contribution is 5.14. The standard InChI is InChI=1S/C22H38O/c1-7-22(23)13-12-21(6)17(14-22)8-9-18-16(4)20(5,15(2)3)11-10-19(18)21/h16-19,23H,2,7-14H2,1,3-6H3/t16?,17?,18?,19?,20?,21?,22-/m0/s1. The zero-order valence-corrected chi connectivity index (χ0v) is 16.1. The van der Waals surface area contributed by atoms with Crippen LogP contribution < -0.4 is 0 Å². The molecule has 3 rings (SSSR count). The molecule has 7 atom stereocenters. The molecule has 0 aromatic rings. The molecule has 0 spiro atoms. The van der Waals surface area contributed by atoms with Crippen molar-refractivity contribution in [3.63, 3.8) is 0 Å². The van der Waals surface area contributed by atoms with Crippen molar-refractivity contribution >= 4 is 0 Å². The smallest absolute Gasteiger partial charge is 0.0648 e. The van der Waals surface area contributed by atoms with E-state index < -0.39 is 0 Å². The third-order valence-corrected chi connectivity index (χ3v) is 9.16. The number of rotatable bonds is 2. The van der Waals surface area contributed by atoms with Crippen LogP contribution >= 0.6 is 0 Å². The Bertz CT molecular complexity index is 482. The van der Waals surface area contributed by atoms with Gasteiger partial charge in [-0.2, -0.15) is 0 Å². The SMILES string of the molecule is C=C(C)C1(C)CCC2C(CCC3C[C@](O)(CC)CCC32C)C1C. The van der Waals surface area contributed by atoms with Gasteiger partial charge in [0.25, 0.3) is 0 Å². The Labute approximate surface area is 143 Å². The molecule has 0 aromatic carbocycles. The summed E-state index contributed by atoms with van der Waals surface area (Å²) in [6.45, 7) is 16.3. The van der Waals surface area contributed by atoms with Crippen LogP contribution in [-0.2, 0) is 0 Å². The summed E-state index contributed by atoms with van der Waals surface area (Å²) >= 11 is 0. The van der Waals surface area contributed by atoms with Gasteiger partial charge in [0.05, 0.1) is 5.60 Å². The van der Waals surface area contributed by atoms with Gasteiger partial charge in [-0.3, -0.25) is 0 Å². The first-order chi connectivity index (χ1) is 10.7. The number of hydrogen-bond acceptors (Lipinski definition) is 1. The molecule has 0 aromatic heterocycles. The zero-order valence-electron chi connectivity index (χ0n) is 16.1. The van der Waals surface area contributed by atoms with Gasteiger partial charge in [-0.15, -0.1) is 0 Å². The van der Waals surface area contributed by atoms with Gasteiger partial charge in [0.1, 0.15) is 0 Å². The molecule has 23 heavy (non-hydrogen) atoms. The lowest BCUT2D eigenvalue weighted by Gasteiger charge is -2.62. The second-order valence-corrected chi connectivity index (χ2v) is 9.86. The molecule has 132 valence electrons. The van der Waals surface area contributed by atoms with E-state index in [4.69, 9.17) is 0 Å². The van der Waals surface area contributed by atoms with Crippen molar-refractivity contribution in [3.05, 3.63) is 12.2 Å². The minimum Gasteiger partial charge on any atom is -0.390 e. The van der Waals surface area contributed by atoms with Crippen LogP contribution in [0.3, 0.4) is 0 Å². The van der Waals surface area contributed by atoms with Crippen molar-refractivity contribution in [2.75, 3.05) is 0 Å². The van der Waals surface area contributed by atoms with Gasteiger partial charge >= 0.3 is 0 Å². The van der Waals surface area contributed by atoms with Crippen LogP contribution in [0.5, 0.6) is 0 Å². The maximum absolute atomic E-state index is 10.8. The first kappa shape index (κ1) is 17.5. The highest BCUT2D eigenvalue weighted by Gasteiger charge is 2.57.